The molecule has 0 aromatic heterocycles. The molecule has 3 atom stereocenters. The first-order valence-corrected chi connectivity index (χ1v) is 13.3. The van der Waals surface area contributed by atoms with E-state index in [0.717, 1.165) is 30.0 Å². The number of piperidine rings is 2. The highest BCUT2D eigenvalue weighted by atomic mass is 16.7. The molecular formula is C27H39N3O5. The largest absolute Gasteiger partial charge is 0.454 e. The summed E-state index contributed by atoms with van der Waals surface area (Å²) in [5, 5.41) is 0. The first-order valence-electron chi connectivity index (χ1n) is 13.3. The van der Waals surface area contributed by atoms with E-state index in [1.54, 1.807) is 7.11 Å². The fourth-order valence-electron chi connectivity index (χ4n) is 6.37. The van der Waals surface area contributed by atoms with Crippen molar-refractivity contribution in [1.82, 2.24) is 14.7 Å². The third-order valence-electron chi connectivity index (χ3n) is 8.15. The van der Waals surface area contributed by atoms with E-state index in [0.29, 0.717) is 44.6 Å². The van der Waals surface area contributed by atoms with E-state index in [1.165, 1.54) is 45.2 Å². The van der Waals surface area contributed by atoms with Crippen LogP contribution in [0.25, 0.3) is 0 Å². The third-order valence-corrected chi connectivity index (χ3v) is 8.15. The summed E-state index contributed by atoms with van der Waals surface area (Å²) in [6.45, 7) is 5.74. The molecule has 4 aliphatic heterocycles. The van der Waals surface area contributed by atoms with Gasteiger partial charge in [-0.2, -0.15) is 0 Å². The number of benzene rings is 1. The van der Waals surface area contributed by atoms with Crippen molar-refractivity contribution in [3.8, 4) is 11.5 Å². The molecule has 5 rings (SSSR count). The van der Waals surface area contributed by atoms with Crippen molar-refractivity contribution < 1.29 is 23.8 Å². The molecule has 0 aliphatic carbocycles. The number of methoxy groups -OCH3 is 1. The van der Waals surface area contributed by atoms with Crippen LogP contribution in [0, 0.1) is 11.8 Å². The number of ether oxygens (including phenoxy) is 3. The van der Waals surface area contributed by atoms with Crippen molar-refractivity contribution in [1.29, 1.82) is 0 Å². The zero-order valence-electron chi connectivity index (χ0n) is 21.0. The minimum Gasteiger partial charge on any atom is -0.454 e. The highest BCUT2D eigenvalue weighted by molar-refractivity contribution is 5.89. The first-order chi connectivity index (χ1) is 17.1. The van der Waals surface area contributed by atoms with E-state index in [2.05, 4.69) is 9.80 Å². The fourth-order valence-corrected chi connectivity index (χ4v) is 6.37. The molecule has 4 aliphatic rings. The maximum absolute atomic E-state index is 13.7. The van der Waals surface area contributed by atoms with Crippen LogP contribution >= 0.6 is 0 Å². The monoisotopic (exact) mass is 485 g/mol. The predicted molar refractivity (Wildman–Crippen MR) is 131 cm³/mol. The zero-order chi connectivity index (χ0) is 24.2. The van der Waals surface area contributed by atoms with Gasteiger partial charge >= 0.3 is 0 Å². The number of likely N-dealkylation sites (tertiary alicyclic amines) is 1. The number of nitrogens with zero attached hydrogens (tertiary/aromatic N) is 3. The Bertz CT molecular complexity index is 907. The van der Waals surface area contributed by atoms with Crippen LogP contribution in [0.2, 0.25) is 0 Å². The van der Waals surface area contributed by atoms with Gasteiger partial charge in [0, 0.05) is 52.4 Å². The molecule has 0 unspecified atom stereocenters. The van der Waals surface area contributed by atoms with E-state index in [-0.39, 0.29) is 24.5 Å². The lowest BCUT2D eigenvalue weighted by atomic mass is 9.83. The average Bonchev–Trinajstić information content (AvgIpc) is 3.49. The summed E-state index contributed by atoms with van der Waals surface area (Å²) < 4.78 is 16.1. The second-order valence-electron chi connectivity index (χ2n) is 10.5. The molecule has 35 heavy (non-hydrogen) atoms. The van der Waals surface area contributed by atoms with Gasteiger partial charge < -0.3 is 28.9 Å². The van der Waals surface area contributed by atoms with E-state index in [4.69, 9.17) is 14.2 Å². The molecule has 2 amide bonds. The summed E-state index contributed by atoms with van der Waals surface area (Å²) in [7, 11) is 1.71. The maximum atomic E-state index is 13.7. The predicted octanol–water partition coefficient (Wildman–Crippen LogP) is 2.89. The lowest BCUT2D eigenvalue weighted by Crippen LogP contribution is -2.52. The molecule has 8 heteroatoms. The molecule has 0 radical (unpaired) electrons. The van der Waals surface area contributed by atoms with Crippen molar-refractivity contribution in [2.75, 3.05) is 53.2 Å². The minimum atomic E-state index is -0.273. The molecule has 0 bridgehead atoms. The van der Waals surface area contributed by atoms with E-state index in [1.807, 2.05) is 23.1 Å². The Balaban J connectivity index is 1.23. The Morgan fingerprint density at radius 2 is 2.00 bits per heavy atom. The number of amides is 2. The smallest absolute Gasteiger partial charge is 0.231 e. The van der Waals surface area contributed by atoms with Gasteiger partial charge in [-0.05, 0) is 68.8 Å². The zero-order valence-corrected chi connectivity index (χ0v) is 21.0. The van der Waals surface area contributed by atoms with Crippen molar-refractivity contribution in [2.45, 2.75) is 57.5 Å². The Hall–Kier alpha value is -2.32. The van der Waals surface area contributed by atoms with Crippen molar-refractivity contribution >= 4 is 11.8 Å². The van der Waals surface area contributed by atoms with Crippen LogP contribution < -0.4 is 9.47 Å². The lowest BCUT2D eigenvalue weighted by Gasteiger charge is -2.46. The molecule has 1 aromatic rings. The quantitative estimate of drug-likeness (QED) is 0.501. The maximum Gasteiger partial charge on any atom is 0.231 e. The van der Waals surface area contributed by atoms with Gasteiger partial charge in [-0.15, -0.1) is 0 Å². The van der Waals surface area contributed by atoms with Gasteiger partial charge in [-0.1, -0.05) is 12.5 Å². The molecule has 4 heterocycles. The van der Waals surface area contributed by atoms with E-state index >= 15 is 0 Å². The molecule has 8 nitrogen and oxygen atoms in total. The second-order valence-corrected chi connectivity index (χ2v) is 10.5. The van der Waals surface area contributed by atoms with Crippen molar-refractivity contribution in [3.05, 3.63) is 23.8 Å². The van der Waals surface area contributed by atoms with Crippen molar-refractivity contribution in [2.24, 2.45) is 11.8 Å². The normalized spacial score (nSPS) is 26.1. The summed E-state index contributed by atoms with van der Waals surface area (Å²) in [6.07, 6.45) is 7.36. The highest BCUT2D eigenvalue weighted by Crippen LogP contribution is 2.34. The van der Waals surface area contributed by atoms with E-state index in [9.17, 15) is 9.59 Å². The molecule has 3 fully saturated rings. The summed E-state index contributed by atoms with van der Waals surface area (Å²) >= 11 is 0. The molecule has 192 valence electrons. The number of fused-ring (bicyclic) bond motifs is 2. The Kier molecular flexibility index (Phi) is 7.78. The Morgan fingerprint density at radius 3 is 2.89 bits per heavy atom. The SMILES string of the molecule is COCCCN(C[C@@H]1CCCN2CCCC[C@@H]12)C(=O)[C@H]1CC(=O)N(Cc2ccc3c(c2)OCO3)C1. The third kappa shape index (κ3) is 5.59. The van der Waals surface area contributed by atoms with Gasteiger partial charge in [0.25, 0.3) is 0 Å². The van der Waals surface area contributed by atoms with Gasteiger partial charge in [0.1, 0.15) is 0 Å². The summed E-state index contributed by atoms with van der Waals surface area (Å²) in [5.74, 6) is 1.89. The van der Waals surface area contributed by atoms with Crippen LogP contribution in [-0.2, 0) is 20.9 Å². The summed E-state index contributed by atoms with van der Waals surface area (Å²) in [4.78, 5) is 33.1. The molecule has 1 aromatic carbocycles. The van der Waals surface area contributed by atoms with Crippen LogP contribution in [0.1, 0.15) is 50.5 Å². The summed E-state index contributed by atoms with van der Waals surface area (Å²) in [6, 6.07) is 6.38. The standard InChI is InChI=1S/C27H39N3O5/c1-33-13-5-12-29(17-21-6-4-11-28-10-3-2-7-23(21)28)27(32)22-15-26(31)30(18-22)16-20-8-9-24-25(14-20)35-19-34-24/h8-9,14,21-23H,2-7,10-13,15-19H2,1H3/t21-,22-,23-/m0/s1. The van der Waals surface area contributed by atoms with Crippen LogP contribution in [-0.4, -0.2) is 85.8 Å². The number of rotatable bonds is 9. The van der Waals surface area contributed by atoms with Crippen LogP contribution in [0.3, 0.4) is 0 Å². The van der Waals surface area contributed by atoms with Crippen LogP contribution in [0.4, 0.5) is 0 Å². The first kappa shape index (κ1) is 24.4. The molecule has 0 spiro atoms. The van der Waals surface area contributed by atoms with Gasteiger partial charge in [-0.25, -0.2) is 0 Å². The molecule has 3 saturated heterocycles. The van der Waals surface area contributed by atoms with Gasteiger partial charge in [0.2, 0.25) is 18.6 Å². The Labute approximate surface area is 208 Å². The number of hydrogen-bond acceptors (Lipinski definition) is 6. The number of carbonyl (C=O) groups is 2. The molecule has 0 N–H and O–H groups in total. The Morgan fingerprint density at radius 1 is 1.14 bits per heavy atom. The number of carbonyl (C=O) groups excluding carboxylic acids is 2. The average molecular weight is 486 g/mol. The van der Waals surface area contributed by atoms with Gasteiger partial charge in [0.15, 0.2) is 11.5 Å². The van der Waals surface area contributed by atoms with Gasteiger partial charge in [-0.3, -0.25) is 9.59 Å². The lowest BCUT2D eigenvalue weighted by molar-refractivity contribution is -0.137. The van der Waals surface area contributed by atoms with Crippen LogP contribution in [0.5, 0.6) is 11.5 Å². The molecule has 0 saturated carbocycles. The highest BCUT2D eigenvalue weighted by Gasteiger charge is 2.39. The number of hydrogen-bond donors (Lipinski definition) is 0. The van der Waals surface area contributed by atoms with E-state index < -0.39 is 0 Å². The van der Waals surface area contributed by atoms with Crippen LogP contribution in [0.15, 0.2) is 18.2 Å². The minimum absolute atomic E-state index is 0.0500. The fraction of sp³-hybridized carbons (Fsp3) is 0.704. The summed E-state index contributed by atoms with van der Waals surface area (Å²) in [5.41, 5.74) is 0.993. The topological polar surface area (TPSA) is 71.6 Å². The van der Waals surface area contributed by atoms with Gasteiger partial charge in [0.05, 0.1) is 5.92 Å². The van der Waals surface area contributed by atoms with Crippen molar-refractivity contribution in [3.63, 3.8) is 0 Å². The molecular weight excluding hydrogens is 446 g/mol. The second kappa shape index (κ2) is 11.2.